The number of hydrogen-bond donors (Lipinski definition) is 1. The molecular weight excluding hydrogens is 368 g/mol. The van der Waals surface area contributed by atoms with E-state index in [9.17, 15) is 4.79 Å². The first-order valence-electron chi connectivity index (χ1n) is 10.5. The van der Waals surface area contributed by atoms with Gasteiger partial charge < -0.3 is 9.88 Å². The molecule has 2 heterocycles. The number of carbonyl (C=O) groups is 1. The van der Waals surface area contributed by atoms with Crippen LogP contribution in [0.3, 0.4) is 0 Å². The maximum Gasteiger partial charge on any atom is 0.239 e. The van der Waals surface area contributed by atoms with Gasteiger partial charge in [-0.1, -0.05) is 65.7 Å². The van der Waals surface area contributed by atoms with Crippen molar-refractivity contribution >= 4 is 22.5 Å². The van der Waals surface area contributed by atoms with E-state index in [1.54, 1.807) is 0 Å². The molecule has 0 saturated heterocycles. The Kier molecular flexibility index (Phi) is 4.28. The molecule has 1 amide bonds. The van der Waals surface area contributed by atoms with Crippen LogP contribution in [-0.4, -0.2) is 10.9 Å². The Morgan fingerprint density at radius 3 is 2.23 bits per heavy atom. The summed E-state index contributed by atoms with van der Waals surface area (Å²) in [5.41, 5.74) is 10.1. The van der Waals surface area contributed by atoms with Gasteiger partial charge in [0, 0.05) is 22.3 Å². The second-order valence-electron chi connectivity index (χ2n) is 8.58. The van der Waals surface area contributed by atoms with Crippen molar-refractivity contribution in [1.29, 1.82) is 0 Å². The van der Waals surface area contributed by atoms with Crippen molar-refractivity contribution in [2.75, 3.05) is 4.90 Å². The van der Waals surface area contributed by atoms with E-state index in [1.807, 2.05) is 17.0 Å². The Morgan fingerprint density at radius 1 is 0.867 bits per heavy atom. The van der Waals surface area contributed by atoms with Crippen LogP contribution in [0.25, 0.3) is 10.9 Å². The monoisotopic (exact) mass is 394 g/mol. The van der Waals surface area contributed by atoms with Crippen LogP contribution in [0.15, 0.2) is 60.7 Å². The average Bonchev–Trinajstić information content (AvgIpc) is 3.07. The number of anilines is 1. The van der Waals surface area contributed by atoms with Crippen LogP contribution in [0.5, 0.6) is 0 Å². The summed E-state index contributed by atoms with van der Waals surface area (Å²) in [6, 6.07) is 21.0. The lowest BCUT2D eigenvalue weighted by Gasteiger charge is -2.35. The predicted molar refractivity (Wildman–Crippen MR) is 123 cm³/mol. The minimum atomic E-state index is -0.314. The Labute approximate surface area is 177 Å². The van der Waals surface area contributed by atoms with Crippen LogP contribution in [-0.2, 0) is 11.3 Å². The van der Waals surface area contributed by atoms with Gasteiger partial charge in [-0.15, -0.1) is 0 Å². The van der Waals surface area contributed by atoms with Crippen LogP contribution >= 0.6 is 0 Å². The fourth-order valence-electron chi connectivity index (χ4n) is 5.04. The van der Waals surface area contributed by atoms with Gasteiger partial charge in [0.1, 0.15) is 0 Å². The number of H-pyrrole nitrogens is 1. The van der Waals surface area contributed by atoms with E-state index in [0.29, 0.717) is 6.54 Å². The second kappa shape index (κ2) is 6.88. The van der Waals surface area contributed by atoms with Gasteiger partial charge in [0.05, 0.1) is 12.5 Å². The molecule has 1 N–H and O–H groups in total. The topological polar surface area (TPSA) is 36.1 Å². The summed E-state index contributed by atoms with van der Waals surface area (Å²) in [5.74, 6) is -0.170. The molecule has 1 aromatic heterocycles. The van der Waals surface area contributed by atoms with E-state index in [4.69, 9.17) is 0 Å². The minimum absolute atomic E-state index is 0.145. The summed E-state index contributed by atoms with van der Waals surface area (Å²) in [7, 11) is 0. The molecule has 1 unspecified atom stereocenters. The van der Waals surface area contributed by atoms with Gasteiger partial charge in [-0.05, 0) is 56.0 Å². The number of nitrogens with zero attached hydrogens (tertiary/aromatic N) is 1. The van der Waals surface area contributed by atoms with Gasteiger partial charge in [-0.3, -0.25) is 4.79 Å². The second-order valence-corrected chi connectivity index (χ2v) is 8.58. The molecule has 150 valence electrons. The molecule has 0 saturated carbocycles. The van der Waals surface area contributed by atoms with Gasteiger partial charge >= 0.3 is 0 Å². The Bertz CT molecular complexity index is 1260. The van der Waals surface area contributed by atoms with Crippen molar-refractivity contribution in [2.45, 2.75) is 40.2 Å². The predicted octanol–water partition coefficient (Wildman–Crippen LogP) is 6.08. The Hall–Kier alpha value is -3.33. The zero-order valence-corrected chi connectivity index (χ0v) is 17.9. The van der Waals surface area contributed by atoms with Gasteiger partial charge in [0.2, 0.25) is 5.91 Å². The van der Waals surface area contributed by atoms with E-state index in [-0.39, 0.29) is 11.8 Å². The fourth-order valence-corrected chi connectivity index (χ4v) is 5.04. The molecule has 5 rings (SSSR count). The normalized spacial score (nSPS) is 16.2. The third kappa shape index (κ3) is 2.85. The van der Waals surface area contributed by atoms with Crippen molar-refractivity contribution in [3.05, 3.63) is 99.7 Å². The van der Waals surface area contributed by atoms with Crippen molar-refractivity contribution in [3.63, 3.8) is 0 Å². The molecule has 30 heavy (non-hydrogen) atoms. The number of para-hydroxylation sites is 1. The number of aromatic nitrogens is 1. The van der Waals surface area contributed by atoms with E-state index in [1.165, 1.54) is 11.1 Å². The highest BCUT2D eigenvalue weighted by molar-refractivity contribution is 6.06. The lowest BCUT2D eigenvalue weighted by atomic mass is 9.84. The summed E-state index contributed by atoms with van der Waals surface area (Å²) in [5, 5.41) is 1.14. The minimum Gasteiger partial charge on any atom is -0.357 e. The van der Waals surface area contributed by atoms with Crippen LogP contribution < -0.4 is 4.90 Å². The largest absolute Gasteiger partial charge is 0.357 e. The summed E-state index contributed by atoms with van der Waals surface area (Å²) >= 11 is 0. The molecule has 1 aliphatic heterocycles. The summed E-state index contributed by atoms with van der Waals surface area (Å²) in [4.78, 5) is 19.6. The Morgan fingerprint density at radius 2 is 1.53 bits per heavy atom. The molecule has 3 aromatic carbocycles. The number of amides is 1. The quantitative estimate of drug-likeness (QED) is 0.439. The number of nitrogens with one attached hydrogen (secondary N) is 1. The number of fused-ring (bicyclic) bond motifs is 3. The maximum atomic E-state index is 14.0. The highest BCUT2D eigenvalue weighted by Crippen LogP contribution is 2.42. The molecule has 1 atom stereocenters. The zero-order chi connectivity index (χ0) is 21.0. The lowest BCUT2D eigenvalue weighted by molar-refractivity contribution is -0.119. The lowest BCUT2D eigenvalue weighted by Crippen LogP contribution is -2.40. The number of hydrogen-bond acceptors (Lipinski definition) is 1. The van der Waals surface area contributed by atoms with Gasteiger partial charge in [0.15, 0.2) is 0 Å². The third-order valence-corrected chi connectivity index (χ3v) is 6.26. The van der Waals surface area contributed by atoms with Crippen molar-refractivity contribution in [3.8, 4) is 0 Å². The zero-order valence-electron chi connectivity index (χ0n) is 17.9. The smallest absolute Gasteiger partial charge is 0.239 e. The number of rotatable bonds is 2. The molecule has 0 spiro atoms. The van der Waals surface area contributed by atoms with E-state index in [0.717, 1.165) is 44.5 Å². The van der Waals surface area contributed by atoms with Crippen LogP contribution in [0.4, 0.5) is 5.69 Å². The standard InChI is InChI=1S/C27H26N2O/c1-16-9-11-20(12-10-16)24-25-21-7-5-6-8-22(21)28-23(25)15-29(27(24)30)26-18(3)13-17(2)14-19(26)4/h5-14,24,28H,15H2,1-4H3. The van der Waals surface area contributed by atoms with Gasteiger partial charge in [-0.2, -0.15) is 0 Å². The van der Waals surface area contributed by atoms with Gasteiger partial charge in [-0.25, -0.2) is 0 Å². The third-order valence-electron chi connectivity index (χ3n) is 6.26. The van der Waals surface area contributed by atoms with Crippen molar-refractivity contribution in [2.24, 2.45) is 0 Å². The summed E-state index contributed by atoms with van der Waals surface area (Å²) in [6.07, 6.45) is 0. The van der Waals surface area contributed by atoms with Gasteiger partial charge in [0.25, 0.3) is 0 Å². The molecule has 1 aliphatic rings. The Balaban J connectivity index is 1.75. The molecule has 3 heteroatoms. The molecule has 0 fully saturated rings. The summed E-state index contributed by atoms with van der Waals surface area (Å²) < 4.78 is 0. The highest BCUT2D eigenvalue weighted by atomic mass is 16.2. The average molecular weight is 395 g/mol. The molecule has 0 radical (unpaired) electrons. The maximum absolute atomic E-state index is 14.0. The molecule has 3 nitrogen and oxygen atoms in total. The SMILES string of the molecule is Cc1ccc(C2C(=O)N(c3c(C)cc(C)cc3C)Cc3[nH]c4ccccc4c32)cc1. The molecule has 4 aromatic rings. The fraction of sp³-hybridized carbons (Fsp3) is 0.222. The molecule has 0 aliphatic carbocycles. The van der Waals surface area contributed by atoms with Crippen molar-refractivity contribution in [1.82, 2.24) is 4.98 Å². The first-order chi connectivity index (χ1) is 14.4. The number of aryl methyl sites for hydroxylation is 4. The first kappa shape index (κ1) is 18.7. The highest BCUT2D eigenvalue weighted by Gasteiger charge is 2.38. The molecule has 0 bridgehead atoms. The molecular formula is C27H26N2O. The van der Waals surface area contributed by atoms with Crippen LogP contribution in [0.2, 0.25) is 0 Å². The number of carbonyl (C=O) groups excluding carboxylic acids is 1. The van der Waals surface area contributed by atoms with E-state index in [2.05, 4.69) is 81.2 Å². The van der Waals surface area contributed by atoms with E-state index < -0.39 is 0 Å². The van der Waals surface area contributed by atoms with E-state index >= 15 is 0 Å². The number of aromatic amines is 1. The van der Waals surface area contributed by atoms with Crippen molar-refractivity contribution < 1.29 is 4.79 Å². The first-order valence-corrected chi connectivity index (χ1v) is 10.5. The summed E-state index contributed by atoms with van der Waals surface area (Å²) in [6.45, 7) is 8.95. The van der Waals surface area contributed by atoms with Crippen LogP contribution in [0, 0.1) is 27.7 Å². The van der Waals surface area contributed by atoms with Crippen LogP contribution in [0.1, 0.15) is 45.0 Å². The number of benzene rings is 3.